The molecule has 1 aliphatic carbocycles. The number of fused-ring (bicyclic) bond motifs is 1. The van der Waals surface area contributed by atoms with E-state index in [1.807, 2.05) is 19.2 Å². The van der Waals surface area contributed by atoms with E-state index in [0.29, 0.717) is 17.9 Å². The summed E-state index contributed by atoms with van der Waals surface area (Å²) in [5, 5.41) is 3.64. The highest BCUT2D eigenvalue weighted by molar-refractivity contribution is 5.96. The van der Waals surface area contributed by atoms with Crippen LogP contribution in [0.25, 0.3) is 0 Å². The number of carbonyl (C=O) groups excluding carboxylic acids is 1. The van der Waals surface area contributed by atoms with Crippen molar-refractivity contribution < 1.29 is 4.79 Å². The quantitative estimate of drug-likeness (QED) is 0.867. The van der Waals surface area contributed by atoms with Gasteiger partial charge in [0.25, 0.3) is 0 Å². The average Bonchev–Trinajstić information content (AvgIpc) is 2.93. The maximum absolute atomic E-state index is 12.0. The summed E-state index contributed by atoms with van der Waals surface area (Å²) in [5.41, 5.74) is 2.69. The number of benzene rings is 1. The molecule has 1 saturated carbocycles. The summed E-state index contributed by atoms with van der Waals surface area (Å²) >= 11 is 0. The van der Waals surface area contributed by atoms with Crippen LogP contribution < -0.4 is 10.2 Å². The molecular weight excluding hydrogens is 224 g/mol. The first-order valence-corrected chi connectivity index (χ1v) is 6.60. The van der Waals surface area contributed by atoms with Gasteiger partial charge in [-0.15, -0.1) is 0 Å². The Morgan fingerprint density at radius 3 is 2.67 bits per heavy atom. The van der Waals surface area contributed by atoms with Crippen LogP contribution in [0.5, 0.6) is 0 Å². The summed E-state index contributed by atoms with van der Waals surface area (Å²) in [7, 11) is 1.86. The number of hydrogen-bond donors (Lipinski definition) is 1. The van der Waals surface area contributed by atoms with Gasteiger partial charge in [0.1, 0.15) is 0 Å². The minimum atomic E-state index is 0.177. The molecule has 18 heavy (non-hydrogen) atoms. The Morgan fingerprint density at radius 1 is 1.33 bits per heavy atom. The molecule has 1 aromatic carbocycles. The van der Waals surface area contributed by atoms with Gasteiger partial charge in [0.05, 0.1) is 0 Å². The van der Waals surface area contributed by atoms with Crippen molar-refractivity contribution in [3.8, 4) is 0 Å². The van der Waals surface area contributed by atoms with Crippen LogP contribution in [-0.4, -0.2) is 19.0 Å². The molecule has 1 aromatic rings. The van der Waals surface area contributed by atoms with Crippen LogP contribution in [0.2, 0.25) is 0 Å². The fourth-order valence-electron chi connectivity index (χ4n) is 2.79. The van der Waals surface area contributed by atoms with E-state index in [9.17, 15) is 4.79 Å². The molecular formula is C15H20N2O. The first-order valence-electron chi connectivity index (χ1n) is 6.60. The third-order valence-electron chi connectivity index (χ3n) is 4.34. The van der Waals surface area contributed by atoms with E-state index in [-0.39, 0.29) is 11.9 Å². The number of para-hydroxylation sites is 1. The van der Waals surface area contributed by atoms with E-state index in [1.54, 1.807) is 4.90 Å². The number of nitrogens with zero attached hydrogens (tertiary/aromatic N) is 1. The van der Waals surface area contributed by atoms with Crippen LogP contribution in [0.3, 0.4) is 0 Å². The third kappa shape index (κ3) is 1.83. The lowest BCUT2D eigenvalue weighted by Crippen LogP contribution is -2.39. The first kappa shape index (κ1) is 11.7. The van der Waals surface area contributed by atoms with Gasteiger partial charge in [0, 0.05) is 31.2 Å². The summed E-state index contributed by atoms with van der Waals surface area (Å²) in [6, 6.07) is 8.93. The van der Waals surface area contributed by atoms with Gasteiger partial charge in [-0.1, -0.05) is 32.0 Å². The molecule has 1 amide bonds. The number of hydrogen-bond acceptors (Lipinski definition) is 2. The van der Waals surface area contributed by atoms with E-state index in [2.05, 4.69) is 31.3 Å². The lowest BCUT2D eigenvalue weighted by atomic mass is 9.96. The molecule has 1 fully saturated rings. The molecule has 0 spiro atoms. The van der Waals surface area contributed by atoms with Crippen LogP contribution in [0.15, 0.2) is 24.3 Å². The maximum Gasteiger partial charge on any atom is 0.228 e. The fourth-order valence-corrected chi connectivity index (χ4v) is 2.79. The van der Waals surface area contributed by atoms with Crippen molar-refractivity contribution in [2.24, 2.45) is 5.41 Å². The molecule has 0 bridgehead atoms. The van der Waals surface area contributed by atoms with Crippen LogP contribution in [0.4, 0.5) is 5.69 Å². The van der Waals surface area contributed by atoms with E-state index >= 15 is 0 Å². The fraction of sp³-hybridized carbons (Fsp3) is 0.533. The van der Waals surface area contributed by atoms with Crippen LogP contribution in [0.1, 0.15) is 38.3 Å². The summed E-state index contributed by atoms with van der Waals surface area (Å²) in [6.07, 6.45) is 1.77. The average molecular weight is 244 g/mol. The summed E-state index contributed by atoms with van der Waals surface area (Å²) in [4.78, 5) is 13.8. The van der Waals surface area contributed by atoms with Gasteiger partial charge >= 0.3 is 0 Å². The molecule has 1 aliphatic heterocycles. The highest BCUT2D eigenvalue weighted by Gasteiger charge is 2.47. The highest BCUT2D eigenvalue weighted by Crippen LogP contribution is 2.47. The second kappa shape index (κ2) is 3.82. The predicted octanol–water partition coefficient (Wildman–Crippen LogP) is 2.48. The Morgan fingerprint density at radius 2 is 2.00 bits per heavy atom. The van der Waals surface area contributed by atoms with Gasteiger partial charge in [-0.3, -0.25) is 4.79 Å². The lowest BCUT2D eigenvalue weighted by molar-refractivity contribution is -0.119. The van der Waals surface area contributed by atoms with Gasteiger partial charge < -0.3 is 10.2 Å². The number of amides is 1. The van der Waals surface area contributed by atoms with Crippen molar-refractivity contribution >= 4 is 11.6 Å². The summed E-state index contributed by atoms with van der Waals surface area (Å²) in [6.45, 7) is 4.54. The number of rotatable bonds is 2. The van der Waals surface area contributed by atoms with Gasteiger partial charge in [-0.25, -0.2) is 0 Å². The first-order chi connectivity index (χ1) is 8.49. The standard InChI is InChI=1S/C15H20N2O/c1-15(2)9-13(15)16-11-8-14(18)17(3)12-7-5-4-6-10(11)12/h4-7,11,13,16H,8-9H2,1-3H3. The molecule has 2 aliphatic rings. The summed E-state index contributed by atoms with van der Waals surface area (Å²) in [5.74, 6) is 0.199. The highest BCUT2D eigenvalue weighted by atomic mass is 16.2. The molecule has 0 radical (unpaired) electrons. The number of anilines is 1. The van der Waals surface area contributed by atoms with Crippen molar-refractivity contribution in [1.82, 2.24) is 5.32 Å². The zero-order valence-corrected chi connectivity index (χ0v) is 11.2. The molecule has 3 heteroatoms. The molecule has 3 nitrogen and oxygen atoms in total. The molecule has 3 rings (SSSR count). The number of nitrogens with one attached hydrogen (secondary N) is 1. The molecule has 0 saturated heterocycles. The Kier molecular flexibility index (Phi) is 2.49. The lowest BCUT2D eigenvalue weighted by Gasteiger charge is -2.32. The second-order valence-corrected chi connectivity index (χ2v) is 6.18. The predicted molar refractivity (Wildman–Crippen MR) is 72.5 cm³/mol. The van der Waals surface area contributed by atoms with Crippen molar-refractivity contribution in [3.05, 3.63) is 29.8 Å². The molecule has 96 valence electrons. The minimum Gasteiger partial charge on any atom is -0.315 e. The van der Waals surface area contributed by atoms with Crippen molar-refractivity contribution in [2.45, 2.75) is 38.8 Å². The minimum absolute atomic E-state index is 0.177. The Labute approximate surface area is 108 Å². The normalized spacial score (nSPS) is 29.1. The SMILES string of the molecule is CN1C(=O)CC(NC2CC2(C)C)c2ccccc21. The maximum atomic E-state index is 12.0. The largest absolute Gasteiger partial charge is 0.315 e. The topological polar surface area (TPSA) is 32.3 Å². The molecule has 1 heterocycles. The van der Waals surface area contributed by atoms with Gasteiger partial charge in [-0.05, 0) is 23.5 Å². The smallest absolute Gasteiger partial charge is 0.228 e. The van der Waals surface area contributed by atoms with E-state index in [0.717, 1.165) is 5.69 Å². The molecule has 0 aromatic heterocycles. The number of carbonyl (C=O) groups is 1. The Hall–Kier alpha value is -1.35. The van der Waals surface area contributed by atoms with Crippen molar-refractivity contribution in [3.63, 3.8) is 0 Å². The van der Waals surface area contributed by atoms with Crippen LogP contribution >= 0.6 is 0 Å². The molecule has 1 N–H and O–H groups in total. The van der Waals surface area contributed by atoms with Gasteiger partial charge in [0.2, 0.25) is 5.91 Å². The molecule has 2 atom stereocenters. The second-order valence-electron chi connectivity index (χ2n) is 6.18. The van der Waals surface area contributed by atoms with Crippen molar-refractivity contribution in [2.75, 3.05) is 11.9 Å². The van der Waals surface area contributed by atoms with Crippen LogP contribution in [-0.2, 0) is 4.79 Å². The van der Waals surface area contributed by atoms with Crippen molar-refractivity contribution in [1.29, 1.82) is 0 Å². The molecule has 2 unspecified atom stereocenters. The van der Waals surface area contributed by atoms with E-state index in [1.165, 1.54) is 12.0 Å². The third-order valence-corrected chi connectivity index (χ3v) is 4.34. The van der Waals surface area contributed by atoms with E-state index < -0.39 is 0 Å². The zero-order chi connectivity index (χ0) is 12.9. The Bertz CT molecular complexity index is 495. The van der Waals surface area contributed by atoms with E-state index in [4.69, 9.17) is 0 Å². The van der Waals surface area contributed by atoms with Gasteiger partial charge in [-0.2, -0.15) is 0 Å². The Balaban J connectivity index is 1.88. The monoisotopic (exact) mass is 244 g/mol. The summed E-state index contributed by atoms with van der Waals surface area (Å²) < 4.78 is 0. The van der Waals surface area contributed by atoms with Gasteiger partial charge in [0.15, 0.2) is 0 Å². The van der Waals surface area contributed by atoms with Crippen LogP contribution in [0, 0.1) is 5.41 Å². The zero-order valence-electron chi connectivity index (χ0n) is 11.2.